The molecule has 0 radical (unpaired) electrons. The minimum atomic E-state index is -0.282. The molecule has 0 amide bonds. The maximum Gasteiger partial charge on any atom is 0.331 e. The summed E-state index contributed by atoms with van der Waals surface area (Å²) in [6.07, 6.45) is 5.83. The second-order valence-electron chi connectivity index (χ2n) is 4.07. The van der Waals surface area contributed by atoms with Gasteiger partial charge in [0.05, 0.1) is 7.11 Å². The molecule has 1 saturated heterocycles. The number of hydrogen-bond acceptors (Lipinski definition) is 3. The molecule has 0 N–H and O–H groups in total. The molecule has 80 valence electrons. The van der Waals surface area contributed by atoms with E-state index in [0.717, 1.165) is 6.54 Å². The molecule has 2 unspecified atom stereocenters. The summed E-state index contributed by atoms with van der Waals surface area (Å²) in [5.74, 6) is 0.434. The van der Waals surface area contributed by atoms with Crippen LogP contribution in [0.5, 0.6) is 0 Å². The topological polar surface area (TPSA) is 29.5 Å². The fourth-order valence-corrected chi connectivity index (χ4v) is 1.76. The van der Waals surface area contributed by atoms with Crippen molar-refractivity contribution >= 4 is 5.97 Å². The standard InChI is InChI=1S/C11H19NO2/c1-9-4-5-10(2)12(8-9)7-6-11(13)14-3/h6-7,9-10H,4-5,8H2,1-3H3. The molecular formula is C11H19NO2. The highest BCUT2D eigenvalue weighted by molar-refractivity contribution is 5.81. The highest BCUT2D eigenvalue weighted by atomic mass is 16.5. The third kappa shape index (κ3) is 3.05. The molecule has 1 rings (SSSR count). The average molecular weight is 197 g/mol. The molecule has 3 nitrogen and oxygen atoms in total. The molecule has 2 atom stereocenters. The Kier molecular flexibility index (Phi) is 3.98. The SMILES string of the molecule is COC(=O)C=CN1CC(C)CCC1C. The second-order valence-corrected chi connectivity index (χ2v) is 4.07. The smallest absolute Gasteiger partial charge is 0.331 e. The highest BCUT2D eigenvalue weighted by Crippen LogP contribution is 2.21. The van der Waals surface area contributed by atoms with Crippen LogP contribution in [0, 0.1) is 5.92 Å². The van der Waals surface area contributed by atoms with E-state index in [0.29, 0.717) is 12.0 Å². The summed E-state index contributed by atoms with van der Waals surface area (Å²) in [4.78, 5) is 13.1. The highest BCUT2D eigenvalue weighted by Gasteiger charge is 2.19. The van der Waals surface area contributed by atoms with Crippen LogP contribution in [-0.4, -0.2) is 30.6 Å². The van der Waals surface area contributed by atoms with E-state index in [4.69, 9.17) is 0 Å². The van der Waals surface area contributed by atoms with Crippen LogP contribution >= 0.6 is 0 Å². The van der Waals surface area contributed by atoms with E-state index in [1.54, 1.807) is 0 Å². The van der Waals surface area contributed by atoms with Crippen molar-refractivity contribution in [2.45, 2.75) is 32.7 Å². The van der Waals surface area contributed by atoms with Crippen LogP contribution in [-0.2, 0) is 9.53 Å². The van der Waals surface area contributed by atoms with Gasteiger partial charge in [0.1, 0.15) is 0 Å². The summed E-state index contributed by atoms with van der Waals surface area (Å²) in [5, 5.41) is 0. The van der Waals surface area contributed by atoms with Gasteiger partial charge in [0.25, 0.3) is 0 Å². The van der Waals surface area contributed by atoms with Gasteiger partial charge in [0.15, 0.2) is 0 Å². The Balaban J connectivity index is 2.49. The summed E-state index contributed by atoms with van der Waals surface area (Å²) < 4.78 is 4.55. The van der Waals surface area contributed by atoms with Crippen LogP contribution in [0.4, 0.5) is 0 Å². The van der Waals surface area contributed by atoms with Crippen LogP contribution in [0.1, 0.15) is 26.7 Å². The van der Waals surface area contributed by atoms with E-state index in [9.17, 15) is 4.79 Å². The Morgan fingerprint density at radius 1 is 1.43 bits per heavy atom. The minimum Gasteiger partial charge on any atom is -0.466 e. The number of likely N-dealkylation sites (tertiary alicyclic amines) is 1. The molecule has 1 heterocycles. The predicted molar refractivity (Wildman–Crippen MR) is 55.7 cm³/mol. The van der Waals surface area contributed by atoms with Crippen molar-refractivity contribution < 1.29 is 9.53 Å². The van der Waals surface area contributed by atoms with Crippen LogP contribution in [0.15, 0.2) is 12.3 Å². The van der Waals surface area contributed by atoms with Gasteiger partial charge in [-0.15, -0.1) is 0 Å². The van der Waals surface area contributed by atoms with Gasteiger partial charge < -0.3 is 9.64 Å². The second kappa shape index (κ2) is 5.03. The number of esters is 1. The van der Waals surface area contributed by atoms with E-state index >= 15 is 0 Å². The summed E-state index contributed by atoms with van der Waals surface area (Å²) in [6.45, 7) is 5.47. The lowest BCUT2D eigenvalue weighted by atomic mass is 9.95. The summed E-state index contributed by atoms with van der Waals surface area (Å²) >= 11 is 0. The Labute approximate surface area is 85.7 Å². The minimum absolute atomic E-state index is 0.282. The van der Waals surface area contributed by atoms with Gasteiger partial charge in [-0.05, 0) is 25.7 Å². The Bertz CT molecular complexity index is 225. The van der Waals surface area contributed by atoms with Gasteiger partial charge in [-0.2, -0.15) is 0 Å². The number of carbonyl (C=O) groups excluding carboxylic acids is 1. The summed E-state index contributed by atoms with van der Waals surface area (Å²) in [6, 6.07) is 0.534. The lowest BCUT2D eigenvalue weighted by Crippen LogP contribution is -2.37. The fourth-order valence-electron chi connectivity index (χ4n) is 1.76. The van der Waals surface area contributed by atoms with Crippen molar-refractivity contribution in [3.05, 3.63) is 12.3 Å². The number of hydrogen-bond donors (Lipinski definition) is 0. The zero-order chi connectivity index (χ0) is 10.6. The van der Waals surface area contributed by atoms with Crippen LogP contribution < -0.4 is 0 Å². The number of rotatable bonds is 2. The van der Waals surface area contributed by atoms with Gasteiger partial charge in [-0.25, -0.2) is 4.79 Å². The number of methoxy groups -OCH3 is 1. The van der Waals surface area contributed by atoms with Gasteiger partial charge in [0.2, 0.25) is 0 Å². The number of nitrogens with zero attached hydrogens (tertiary/aromatic N) is 1. The van der Waals surface area contributed by atoms with Crippen molar-refractivity contribution in [2.75, 3.05) is 13.7 Å². The average Bonchev–Trinajstić information content (AvgIpc) is 2.19. The first-order chi connectivity index (χ1) is 6.63. The van der Waals surface area contributed by atoms with E-state index < -0.39 is 0 Å². The van der Waals surface area contributed by atoms with Gasteiger partial charge in [0, 0.05) is 24.9 Å². The van der Waals surface area contributed by atoms with Gasteiger partial charge >= 0.3 is 5.97 Å². The Hall–Kier alpha value is -0.990. The lowest BCUT2D eigenvalue weighted by Gasteiger charge is -2.35. The van der Waals surface area contributed by atoms with Crippen LogP contribution in [0.25, 0.3) is 0 Å². The molecule has 0 aliphatic carbocycles. The molecule has 1 fully saturated rings. The first-order valence-corrected chi connectivity index (χ1v) is 5.15. The molecule has 1 aliphatic heterocycles. The molecule has 0 aromatic rings. The number of carbonyl (C=O) groups is 1. The van der Waals surface area contributed by atoms with Crippen molar-refractivity contribution in [1.29, 1.82) is 0 Å². The summed E-state index contributed by atoms with van der Waals surface area (Å²) in [5.41, 5.74) is 0. The first-order valence-electron chi connectivity index (χ1n) is 5.15. The zero-order valence-electron chi connectivity index (χ0n) is 9.19. The molecule has 0 saturated carbocycles. The third-order valence-corrected chi connectivity index (χ3v) is 2.77. The number of ether oxygens (including phenoxy) is 1. The molecule has 0 bridgehead atoms. The van der Waals surface area contributed by atoms with Crippen LogP contribution in [0.3, 0.4) is 0 Å². The molecule has 3 heteroatoms. The molecule has 0 spiro atoms. The molecule has 14 heavy (non-hydrogen) atoms. The van der Waals surface area contributed by atoms with Gasteiger partial charge in [-0.3, -0.25) is 0 Å². The number of piperidine rings is 1. The van der Waals surface area contributed by atoms with E-state index in [1.807, 2.05) is 6.20 Å². The maximum absolute atomic E-state index is 10.9. The maximum atomic E-state index is 10.9. The van der Waals surface area contributed by atoms with Crippen molar-refractivity contribution in [2.24, 2.45) is 5.92 Å². The fraction of sp³-hybridized carbons (Fsp3) is 0.727. The van der Waals surface area contributed by atoms with E-state index in [-0.39, 0.29) is 5.97 Å². The lowest BCUT2D eigenvalue weighted by molar-refractivity contribution is -0.134. The molecule has 1 aliphatic rings. The van der Waals surface area contributed by atoms with E-state index in [1.165, 1.54) is 26.0 Å². The van der Waals surface area contributed by atoms with Gasteiger partial charge in [-0.1, -0.05) is 6.92 Å². The first kappa shape index (κ1) is 11.1. The Morgan fingerprint density at radius 2 is 2.14 bits per heavy atom. The van der Waals surface area contributed by atoms with Crippen molar-refractivity contribution in [1.82, 2.24) is 4.90 Å². The quantitative estimate of drug-likeness (QED) is 0.499. The molecule has 0 aromatic carbocycles. The van der Waals surface area contributed by atoms with Crippen molar-refractivity contribution in [3.63, 3.8) is 0 Å². The predicted octanol–water partition coefficient (Wildman–Crippen LogP) is 1.79. The third-order valence-electron chi connectivity index (χ3n) is 2.77. The zero-order valence-corrected chi connectivity index (χ0v) is 9.19. The summed E-state index contributed by atoms with van der Waals surface area (Å²) in [7, 11) is 1.40. The molecular weight excluding hydrogens is 178 g/mol. The Morgan fingerprint density at radius 3 is 2.79 bits per heavy atom. The van der Waals surface area contributed by atoms with Crippen molar-refractivity contribution in [3.8, 4) is 0 Å². The largest absolute Gasteiger partial charge is 0.466 e. The molecule has 0 aromatic heterocycles. The van der Waals surface area contributed by atoms with Crippen LogP contribution in [0.2, 0.25) is 0 Å². The normalized spacial score (nSPS) is 28.1. The monoisotopic (exact) mass is 197 g/mol. The van der Waals surface area contributed by atoms with E-state index in [2.05, 4.69) is 23.5 Å².